The summed E-state index contributed by atoms with van der Waals surface area (Å²) in [5, 5.41) is 8.71. The van der Waals surface area contributed by atoms with Gasteiger partial charge in [0.25, 0.3) is 0 Å². The van der Waals surface area contributed by atoms with E-state index >= 15 is 0 Å². The van der Waals surface area contributed by atoms with E-state index < -0.39 is 0 Å². The van der Waals surface area contributed by atoms with Gasteiger partial charge < -0.3 is 9.73 Å². The molecule has 0 bridgehead atoms. The molecule has 1 N–H and O–H groups in total. The number of benzene rings is 2. The second-order valence-electron chi connectivity index (χ2n) is 9.20. The van der Waals surface area contributed by atoms with Gasteiger partial charge in [-0.05, 0) is 85.3 Å². The first-order valence-corrected chi connectivity index (χ1v) is 12.3. The van der Waals surface area contributed by atoms with Gasteiger partial charge in [0.15, 0.2) is 0 Å². The maximum Gasteiger partial charge on any atom is 0.223 e. The van der Waals surface area contributed by atoms with Crippen LogP contribution in [0.3, 0.4) is 0 Å². The van der Waals surface area contributed by atoms with Gasteiger partial charge in [-0.3, -0.25) is 4.68 Å². The van der Waals surface area contributed by atoms with E-state index in [2.05, 4.69) is 30.3 Å². The van der Waals surface area contributed by atoms with Crippen LogP contribution in [-0.4, -0.2) is 19.7 Å². The molecule has 3 aromatic heterocycles. The Morgan fingerprint density at radius 3 is 2.58 bits per heavy atom. The van der Waals surface area contributed by atoms with Gasteiger partial charge in [-0.15, -0.1) is 0 Å². The van der Waals surface area contributed by atoms with E-state index in [0.29, 0.717) is 5.95 Å². The SMILES string of the molecule is CCc1nc(NC(C)c2cc(F)cc(-c3cnn(C)c3)c2)nc(-c2ccc3occ(C)c3c2)c1CC. The fraction of sp³-hybridized carbons (Fsp3) is 0.276. The highest BCUT2D eigenvalue weighted by molar-refractivity contribution is 5.86. The average molecular weight is 484 g/mol. The first-order valence-electron chi connectivity index (χ1n) is 12.3. The van der Waals surface area contributed by atoms with Crippen LogP contribution < -0.4 is 5.32 Å². The minimum atomic E-state index is -0.291. The molecule has 5 rings (SSSR count). The lowest BCUT2D eigenvalue weighted by Crippen LogP contribution is -2.13. The maximum absolute atomic E-state index is 14.6. The Morgan fingerprint density at radius 1 is 1.03 bits per heavy atom. The topological polar surface area (TPSA) is 68.8 Å². The summed E-state index contributed by atoms with van der Waals surface area (Å²) in [5.74, 6) is 0.240. The number of nitrogens with zero attached hydrogens (tertiary/aromatic N) is 4. The van der Waals surface area contributed by atoms with Crippen LogP contribution in [0.1, 0.15) is 49.2 Å². The van der Waals surface area contributed by atoms with Crippen LogP contribution in [0.2, 0.25) is 0 Å². The number of furan rings is 1. The van der Waals surface area contributed by atoms with E-state index in [1.165, 1.54) is 6.07 Å². The number of hydrogen-bond donors (Lipinski definition) is 1. The van der Waals surface area contributed by atoms with Crippen molar-refractivity contribution in [2.45, 2.75) is 46.6 Å². The molecule has 0 saturated heterocycles. The minimum absolute atomic E-state index is 0.209. The Bertz CT molecular complexity index is 1550. The van der Waals surface area contributed by atoms with Gasteiger partial charge in [0.05, 0.1) is 24.2 Å². The number of anilines is 1. The quantitative estimate of drug-likeness (QED) is 0.269. The third kappa shape index (κ3) is 4.49. The second kappa shape index (κ2) is 9.57. The molecule has 6 nitrogen and oxygen atoms in total. The number of rotatable bonds is 7. The molecule has 1 atom stereocenters. The predicted octanol–water partition coefficient (Wildman–Crippen LogP) is 7.04. The van der Waals surface area contributed by atoms with Crippen molar-refractivity contribution in [3.8, 4) is 22.4 Å². The monoisotopic (exact) mass is 483 g/mol. The van der Waals surface area contributed by atoms with Crippen molar-refractivity contribution in [3.63, 3.8) is 0 Å². The zero-order valence-corrected chi connectivity index (χ0v) is 21.3. The number of hydrogen-bond acceptors (Lipinski definition) is 5. The molecule has 0 fully saturated rings. The lowest BCUT2D eigenvalue weighted by molar-refractivity contribution is 0.613. The van der Waals surface area contributed by atoms with Crippen molar-refractivity contribution in [1.82, 2.24) is 19.7 Å². The lowest BCUT2D eigenvalue weighted by Gasteiger charge is -2.19. The fourth-order valence-electron chi connectivity index (χ4n) is 4.68. The van der Waals surface area contributed by atoms with E-state index in [9.17, 15) is 4.39 Å². The predicted molar refractivity (Wildman–Crippen MR) is 141 cm³/mol. The van der Waals surface area contributed by atoms with Gasteiger partial charge in [-0.1, -0.05) is 13.8 Å². The van der Waals surface area contributed by atoms with Crippen LogP contribution in [0.25, 0.3) is 33.4 Å². The summed E-state index contributed by atoms with van der Waals surface area (Å²) in [6, 6.07) is 11.0. The molecule has 0 aliphatic carbocycles. The first kappa shape index (κ1) is 23.7. The van der Waals surface area contributed by atoms with Crippen LogP contribution in [-0.2, 0) is 19.9 Å². The van der Waals surface area contributed by atoms with Crippen LogP contribution in [0.5, 0.6) is 0 Å². The number of halogens is 1. The summed E-state index contributed by atoms with van der Waals surface area (Å²) in [4.78, 5) is 9.80. The Hall–Kier alpha value is -4.00. The van der Waals surface area contributed by atoms with Gasteiger partial charge in [-0.25, -0.2) is 14.4 Å². The summed E-state index contributed by atoms with van der Waals surface area (Å²) < 4.78 is 21.9. The van der Waals surface area contributed by atoms with Gasteiger partial charge in [0, 0.05) is 35.5 Å². The van der Waals surface area contributed by atoms with Crippen LogP contribution in [0.15, 0.2) is 59.5 Å². The molecule has 2 aromatic carbocycles. The Balaban J connectivity index is 1.53. The van der Waals surface area contributed by atoms with Crippen LogP contribution >= 0.6 is 0 Å². The van der Waals surface area contributed by atoms with Crippen molar-refractivity contribution in [2.24, 2.45) is 7.05 Å². The average Bonchev–Trinajstić information content (AvgIpc) is 3.48. The summed E-state index contributed by atoms with van der Waals surface area (Å²) >= 11 is 0. The zero-order valence-electron chi connectivity index (χ0n) is 21.3. The fourth-order valence-corrected chi connectivity index (χ4v) is 4.68. The van der Waals surface area contributed by atoms with E-state index in [1.54, 1.807) is 23.2 Å². The molecule has 0 aliphatic rings. The number of aromatic nitrogens is 4. The molecule has 0 amide bonds. The van der Waals surface area contributed by atoms with Gasteiger partial charge in [-0.2, -0.15) is 5.10 Å². The lowest BCUT2D eigenvalue weighted by atomic mass is 9.99. The normalized spacial score (nSPS) is 12.3. The molecule has 0 spiro atoms. The van der Waals surface area contributed by atoms with Crippen molar-refractivity contribution in [1.29, 1.82) is 0 Å². The van der Waals surface area contributed by atoms with Gasteiger partial charge in [0.2, 0.25) is 5.95 Å². The standard InChI is InChI=1S/C29H30FN5O/c1-6-24-26(7-2)33-29(34-28(24)19-8-9-27-25(13-19)17(3)16-36-27)32-18(4)20-10-21(12-23(30)11-20)22-14-31-35(5)15-22/h8-16,18H,6-7H2,1-5H3,(H,32,33,34). The maximum atomic E-state index is 14.6. The molecule has 0 saturated carbocycles. The molecule has 0 radical (unpaired) electrons. The molecule has 5 aromatic rings. The van der Waals surface area contributed by atoms with E-state index in [4.69, 9.17) is 14.4 Å². The molecule has 36 heavy (non-hydrogen) atoms. The highest BCUT2D eigenvalue weighted by Crippen LogP contribution is 2.32. The van der Waals surface area contributed by atoms with Gasteiger partial charge in [0.1, 0.15) is 11.4 Å². The van der Waals surface area contributed by atoms with Crippen molar-refractivity contribution in [3.05, 3.63) is 83.3 Å². The molecule has 3 heterocycles. The summed E-state index contributed by atoms with van der Waals surface area (Å²) in [7, 11) is 1.85. The Labute approximate surface area is 210 Å². The highest BCUT2D eigenvalue weighted by atomic mass is 19.1. The summed E-state index contributed by atoms with van der Waals surface area (Å²) in [6.45, 7) is 8.27. The van der Waals surface area contributed by atoms with E-state index in [0.717, 1.165) is 68.6 Å². The largest absolute Gasteiger partial charge is 0.464 e. The molecule has 184 valence electrons. The Morgan fingerprint density at radius 2 is 1.86 bits per heavy atom. The minimum Gasteiger partial charge on any atom is -0.464 e. The van der Waals surface area contributed by atoms with E-state index in [-0.39, 0.29) is 11.9 Å². The van der Waals surface area contributed by atoms with Gasteiger partial charge >= 0.3 is 0 Å². The molecule has 1 unspecified atom stereocenters. The Kier molecular flexibility index (Phi) is 6.31. The van der Waals surface area contributed by atoms with E-state index in [1.807, 2.05) is 45.3 Å². The molecular weight excluding hydrogens is 453 g/mol. The number of nitrogens with one attached hydrogen (secondary N) is 1. The number of aryl methyl sites for hydroxylation is 3. The smallest absolute Gasteiger partial charge is 0.223 e. The third-order valence-corrected chi connectivity index (χ3v) is 6.63. The molecule has 0 aliphatic heterocycles. The highest BCUT2D eigenvalue weighted by Gasteiger charge is 2.18. The number of fused-ring (bicyclic) bond motifs is 1. The zero-order chi connectivity index (χ0) is 25.4. The summed E-state index contributed by atoms with van der Waals surface area (Å²) in [5.41, 5.74) is 8.52. The van der Waals surface area contributed by atoms with Crippen molar-refractivity contribution in [2.75, 3.05) is 5.32 Å². The van der Waals surface area contributed by atoms with Crippen LogP contribution in [0.4, 0.5) is 10.3 Å². The summed E-state index contributed by atoms with van der Waals surface area (Å²) in [6.07, 6.45) is 7.01. The molecule has 7 heteroatoms. The third-order valence-electron chi connectivity index (χ3n) is 6.63. The molecular formula is C29H30FN5O. The van der Waals surface area contributed by atoms with Crippen molar-refractivity contribution >= 4 is 16.9 Å². The first-order chi connectivity index (χ1) is 17.4. The van der Waals surface area contributed by atoms with Crippen LogP contribution in [0, 0.1) is 12.7 Å². The second-order valence-corrected chi connectivity index (χ2v) is 9.20. The van der Waals surface area contributed by atoms with Crippen molar-refractivity contribution < 1.29 is 8.81 Å².